The maximum atomic E-state index is 12.5. The van der Waals surface area contributed by atoms with Crippen LogP contribution in [-0.4, -0.2) is 5.91 Å². The highest BCUT2D eigenvalue weighted by Gasteiger charge is 2.29. The Bertz CT molecular complexity index is 603. The summed E-state index contributed by atoms with van der Waals surface area (Å²) in [7, 11) is 0. The number of nitrogens with one attached hydrogen (secondary N) is 1. The lowest BCUT2D eigenvalue weighted by molar-refractivity contribution is -0.120. The molecule has 0 aliphatic heterocycles. The van der Waals surface area contributed by atoms with Crippen molar-refractivity contribution >= 4 is 39.9 Å². The first-order valence-corrected chi connectivity index (χ1v) is 7.40. The molecule has 0 radical (unpaired) electrons. The highest BCUT2D eigenvalue weighted by Crippen LogP contribution is 2.26. The maximum absolute atomic E-state index is 12.5. The molecule has 0 aliphatic rings. The predicted octanol–water partition coefficient (Wildman–Crippen LogP) is 3.79. The van der Waals surface area contributed by atoms with Gasteiger partial charge in [-0.1, -0.05) is 12.1 Å². The third kappa shape index (κ3) is 3.30. The zero-order valence-electron chi connectivity index (χ0n) is 11.5. The molecule has 0 aromatic heterocycles. The molecule has 2 aromatic carbocycles. The minimum absolute atomic E-state index is 0.0384. The van der Waals surface area contributed by atoms with Gasteiger partial charge in [-0.15, -0.1) is 0 Å². The summed E-state index contributed by atoms with van der Waals surface area (Å²) >= 11 is 2.23. The van der Waals surface area contributed by atoms with Crippen molar-refractivity contribution in [2.75, 3.05) is 11.1 Å². The Kier molecular flexibility index (Phi) is 4.32. The molecule has 3 N–H and O–H groups in total. The van der Waals surface area contributed by atoms with Gasteiger partial charge in [-0.25, -0.2) is 0 Å². The fraction of sp³-hybridized carbons (Fsp3) is 0.188. The Morgan fingerprint density at radius 1 is 1.05 bits per heavy atom. The topological polar surface area (TPSA) is 55.1 Å². The predicted molar refractivity (Wildman–Crippen MR) is 91.7 cm³/mol. The van der Waals surface area contributed by atoms with Crippen LogP contribution in [0.4, 0.5) is 11.4 Å². The largest absolute Gasteiger partial charge is 0.399 e. The smallest absolute Gasteiger partial charge is 0.234 e. The molecule has 104 valence electrons. The molecule has 0 saturated heterocycles. The van der Waals surface area contributed by atoms with Crippen molar-refractivity contribution in [3.63, 3.8) is 0 Å². The van der Waals surface area contributed by atoms with Crippen molar-refractivity contribution in [2.24, 2.45) is 0 Å². The van der Waals surface area contributed by atoms with Crippen molar-refractivity contribution in [1.29, 1.82) is 0 Å². The van der Waals surface area contributed by atoms with Crippen LogP contribution in [0.1, 0.15) is 19.4 Å². The van der Waals surface area contributed by atoms with E-state index in [1.807, 2.05) is 62.4 Å². The lowest BCUT2D eigenvalue weighted by Crippen LogP contribution is -2.34. The molecule has 0 fully saturated rings. The number of hydrogen-bond donors (Lipinski definition) is 2. The van der Waals surface area contributed by atoms with Gasteiger partial charge in [0, 0.05) is 14.9 Å². The van der Waals surface area contributed by atoms with Crippen LogP contribution in [0.5, 0.6) is 0 Å². The van der Waals surface area contributed by atoms with Crippen molar-refractivity contribution in [1.82, 2.24) is 0 Å². The van der Waals surface area contributed by atoms with E-state index in [9.17, 15) is 4.79 Å². The first kappa shape index (κ1) is 14.8. The average Bonchev–Trinajstić information content (AvgIpc) is 2.42. The normalized spacial score (nSPS) is 11.2. The number of amides is 1. The fourth-order valence-corrected chi connectivity index (χ4v) is 2.21. The van der Waals surface area contributed by atoms with Crippen molar-refractivity contribution in [3.05, 3.63) is 57.7 Å². The first-order valence-electron chi connectivity index (χ1n) is 6.32. The summed E-state index contributed by atoms with van der Waals surface area (Å²) in [5.41, 5.74) is 7.51. The maximum Gasteiger partial charge on any atom is 0.234 e. The van der Waals surface area contributed by atoms with Crippen LogP contribution in [0.2, 0.25) is 0 Å². The van der Waals surface area contributed by atoms with Crippen molar-refractivity contribution < 1.29 is 4.79 Å². The summed E-state index contributed by atoms with van der Waals surface area (Å²) in [4.78, 5) is 12.5. The summed E-state index contributed by atoms with van der Waals surface area (Å²) in [5, 5.41) is 2.95. The van der Waals surface area contributed by atoms with E-state index in [0.29, 0.717) is 5.69 Å². The van der Waals surface area contributed by atoms with E-state index >= 15 is 0 Å². The summed E-state index contributed by atoms with van der Waals surface area (Å²) < 4.78 is 1.14. The van der Waals surface area contributed by atoms with Gasteiger partial charge in [-0.05, 0) is 78.4 Å². The quantitative estimate of drug-likeness (QED) is 0.629. The van der Waals surface area contributed by atoms with Crippen molar-refractivity contribution in [2.45, 2.75) is 19.3 Å². The second-order valence-electron chi connectivity index (χ2n) is 5.21. The summed E-state index contributed by atoms with van der Waals surface area (Å²) in [6, 6.07) is 15.1. The number of carbonyl (C=O) groups excluding carboxylic acids is 1. The van der Waals surface area contributed by atoms with E-state index in [1.54, 1.807) is 0 Å². The molecular formula is C16H17IN2O. The molecule has 1 amide bonds. The highest BCUT2D eigenvalue weighted by molar-refractivity contribution is 14.1. The SMILES string of the molecule is CC(C)(C(=O)Nc1ccc(I)cc1)c1ccc(N)cc1. The van der Waals surface area contributed by atoms with Gasteiger partial charge in [0.1, 0.15) is 0 Å². The Balaban J connectivity index is 2.18. The van der Waals surface area contributed by atoms with E-state index in [1.165, 1.54) is 0 Å². The van der Waals surface area contributed by atoms with E-state index in [0.717, 1.165) is 14.8 Å². The minimum Gasteiger partial charge on any atom is -0.399 e. The van der Waals surface area contributed by atoms with Gasteiger partial charge in [-0.3, -0.25) is 4.79 Å². The number of anilines is 2. The highest BCUT2D eigenvalue weighted by atomic mass is 127. The van der Waals surface area contributed by atoms with Crippen molar-refractivity contribution in [3.8, 4) is 0 Å². The number of carbonyl (C=O) groups is 1. The van der Waals surface area contributed by atoms with Crippen LogP contribution >= 0.6 is 22.6 Å². The molecule has 0 atom stereocenters. The Hall–Kier alpha value is -1.56. The number of nitrogens with two attached hydrogens (primary N) is 1. The van der Waals surface area contributed by atoms with Gasteiger partial charge in [0.05, 0.1) is 5.41 Å². The Morgan fingerprint density at radius 2 is 1.60 bits per heavy atom. The van der Waals surface area contributed by atoms with Crippen LogP contribution in [0, 0.1) is 3.57 Å². The van der Waals surface area contributed by atoms with Crippen LogP contribution in [0.25, 0.3) is 0 Å². The molecule has 2 rings (SSSR count). The molecule has 0 spiro atoms. The number of halogens is 1. The average molecular weight is 380 g/mol. The Labute approximate surface area is 132 Å². The van der Waals surface area contributed by atoms with Gasteiger partial charge in [0.25, 0.3) is 0 Å². The molecular weight excluding hydrogens is 363 g/mol. The molecule has 0 bridgehead atoms. The van der Waals surface area contributed by atoms with Crippen LogP contribution in [0.15, 0.2) is 48.5 Å². The fourth-order valence-electron chi connectivity index (χ4n) is 1.85. The second kappa shape index (κ2) is 5.83. The van der Waals surface area contributed by atoms with Gasteiger partial charge in [0.15, 0.2) is 0 Å². The molecule has 4 heteroatoms. The van der Waals surface area contributed by atoms with Gasteiger partial charge >= 0.3 is 0 Å². The zero-order valence-corrected chi connectivity index (χ0v) is 13.6. The number of rotatable bonds is 3. The monoisotopic (exact) mass is 380 g/mol. The summed E-state index contributed by atoms with van der Waals surface area (Å²) in [6.45, 7) is 3.81. The van der Waals surface area contributed by atoms with Gasteiger partial charge in [-0.2, -0.15) is 0 Å². The lowest BCUT2D eigenvalue weighted by Gasteiger charge is -2.24. The first-order chi connectivity index (χ1) is 9.39. The third-order valence-electron chi connectivity index (χ3n) is 3.30. The summed E-state index contributed by atoms with van der Waals surface area (Å²) in [6.07, 6.45) is 0. The lowest BCUT2D eigenvalue weighted by atomic mass is 9.83. The molecule has 3 nitrogen and oxygen atoms in total. The van der Waals surface area contributed by atoms with E-state index in [4.69, 9.17) is 5.73 Å². The number of benzene rings is 2. The molecule has 20 heavy (non-hydrogen) atoms. The van der Waals surface area contributed by atoms with Gasteiger partial charge in [0.2, 0.25) is 5.91 Å². The summed E-state index contributed by atoms with van der Waals surface area (Å²) in [5.74, 6) is -0.0384. The third-order valence-corrected chi connectivity index (χ3v) is 4.02. The molecule has 0 heterocycles. The molecule has 2 aromatic rings. The van der Waals surface area contributed by atoms with E-state index in [-0.39, 0.29) is 5.91 Å². The van der Waals surface area contributed by atoms with Crippen LogP contribution < -0.4 is 11.1 Å². The number of nitrogen functional groups attached to an aromatic ring is 1. The van der Waals surface area contributed by atoms with Crippen LogP contribution in [-0.2, 0) is 10.2 Å². The van der Waals surface area contributed by atoms with E-state index in [2.05, 4.69) is 27.9 Å². The standard InChI is InChI=1S/C16H17IN2O/c1-16(2,11-3-7-13(18)8-4-11)15(20)19-14-9-5-12(17)6-10-14/h3-10H,18H2,1-2H3,(H,19,20). The van der Waals surface area contributed by atoms with Gasteiger partial charge < -0.3 is 11.1 Å². The van der Waals surface area contributed by atoms with Crippen LogP contribution in [0.3, 0.4) is 0 Å². The number of hydrogen-bond acceptors (Lipinski definition) is 2. The molecule has 0 saturated carbocycles. The van der Waals surface area contributed by atoms with E-state index < -0.39 is 5.41 Å². The Morgan fingerprint density at radius 3 is 2.15 bits per heavy atom. The zero-order chi connectivity index (χ0) is 14.8. The molecule has 0 unspecified atom stereocenters. The second-order valence-corrected chi connectivity index (χ2v) is 6.45. The molecule has 0 aliphatic carbocycles. The minimum atomic E-state index is -0.614.